The predicted molar refractivity (Wildman–Crippen MR) is 158 cm³/mol. The number of carboxylic acids is 3. The molecule has 0 aromatic carbocycles. The second-order valence-corrected chi connectivity index (χ2v) is 11.6. The Kier molecular flexibility index (Phi) is 14.6. The minimum absolute atomic E-state index is 0.00554. The van der Waals surface area contributed by atoms with Gasteiger partial charge in [0.2, 0.25) is 5.91 Å². The monoisotopic (exact) mass is 622 g/mol. The van der Waals surface area contributed by atoms with Crippen LogP contribution in [0.2, 0.25) is 0 Å². The highest BCUT2D eigenvalue weighted by molar-refractivity contribution is 5.78. The molecule has 15 nitrogen and oxygen atoms in total. The number of rotatable bonds is 13. The Balaban J connectivity index is 1.44. The van der Waals surface area contributed by atoms with E-state index in [1.54, 1.807) is 14.7 Å². The van der Waals surface area contributed by atoms with Crippen molar-refractivity contribution in [2.24, 2.45) is 17.8 Å². The van der Waals surface area contributed by atoms with Crippen LogP contribution in [-0.2, 0) is 23.9 Å². The highest BCUT2D eigenvalue weighted by atomic mass is 16.5. The van der Waals surface area contributed by atoms with Crippen LogP contribution >= 0.6 is 0 Å². The lowest BCUT2D eigenvalue weighted by molar-refractivity contribution is -0.140. The van der Waals surface area contributed by atoms with E-state index < -0.39 is 24.0 Å². The third-order valence-electron chi connectivity index (χ3n) is 8.34. The van der Waals surface area contributed by atoms with Crippen LogP contribution in [0.4, 0.5) is 4.79 Å². The van der Waals surface area contributed by atoms with Gasteiger partial charge in [-0.05, 0) is 30.6 Å². The Hall–Kier alpha value is -3.45. The van der Waals surface area contributed by atoms with Gasteiger partial charge in [0.15, 0.2) is 0 Å². The number of ether oxygens (including phenoxy) is 1. The summed E-state index contributed by atoms with van der Waals surface area (Å²) in [5.41, 5.74) is 0. The lowest BCUT2D eigenvalue weighted by atomic mass is 10.1. The van der Waals surface area contributed by atoms with Crippen LogP contribution < -0.4 is 10.6 Å². The zero-order valence-electron chi connectivity index (χ0n) is 25.2. The molecule has 0 aromatic heterocycles. The van der Waals surface area contributed by atoms with E-state index in [0.29, 0.717) is 76.7 Å². The van der Waals surface area contributed by atoms with Crippen molar-refractivity contribution in [1.29, 1.82) is 0 Å². The largest absolute Gasteiger partial charge is 0.480 e. The molecule has 2 amide bonds. The highest BCUT2D eigenvalue weighted by Gasteiger charge is 2.49. The van der Waals surface area contributed by atoms with E-state index >= 15 is 0 Å². The number of carbonyl (C=O) groups excluding carboxylic acids is 2. The number of hydrogen-bond acceptors (Lipinski definition) is 10. The summed E-state index contributed by atoms with van der Waals surface area (Å²) in [7, 11) is 0. The van der Waals surface area contributed by atoms with Crippen LogP contribution in [0.25, 0.3) is 0 Å². The molecule has 1 heterocycles. The standard InChI is InChI=1S/C29H46N6O9/c36-25(30-7-8-31-29(43)44-21-24-22-5-3-1-2-4-6-23(22)24)17-32-9-11-33(18-26(37)38)13-15-35(20-28(41)42)16-14-34(12-10-32)19-27(39)40/h22-24H,3-21H2,(H,30,36)(H,31,43)(H,37,38)(H,39,40)(H,41,42)/t22-,23+,24?. The van der Waals surface area contributed by atoms with Gasteiger partial charge in [0.25, 0.3) is 0 Å². The SMILES string of the molecule is O=C(O)CN1CCN(CC(=O)O)CCN(CC(=O)NCCNC(=O)OCC2[C@H]3CCC#CCC[C@@H]23)CCN(CC(=O)O)CC1. The summed E-state index contributed by atoms with van der Waals surface area (Å²) in [6.45, 7) is 2.63. The normalized spacial score (nSPS) is 24.0. The first-order chi connectivity index (χ1) is 21.1. The number of carboxylic acid groups (broad SMARTS) is 3. The summed E-state index contributed by atoms with van der Waals surface area (Å²) in [6, 6.07) is 0. The van der Waals surface area contributed by atoms with E-state index in [1.807, 2.05) is 4.90 Å². The van der Waals surface area contributed by atoms with Gasteiger partial charge in [-0.1, -0.05) is 0 Å². The smallest absolute Gasteiger partial charge is 0.407 e. The molecule has 3 aliphatic rings. The summed E-state index contributed by atoms with van der Waals surface area (Å²) < 4.78 is 5.40. The summed E-state index contributed by atoms with van der Waals surface area (Å²) in [5.74, 6) is 4.56. The molecule has 1 saturated carbocycles. The van der Waals surface area contributed by atoms with E-state index in [-0.39, 0.29) is 45.2 Å². The number of hydrogen-bond donors (Lipinski definition) is 5. The topological polar surface area (TPSA) is 192 Å². The molecule has 3 atom stereocenters. The Morgan fingerprint density at radius 3 is 1.41 bits per heavy atom. The van der Waals surface area contributed by atoms with Crippen LogP contribution in [0.3, 0.4) is 0 Å². The minimum atomic E-state index is -1.02. The molecule has 0 spiro atoms. The lowest BCUT2D eigenvalue weighted by Crippen LogP contribution is -2.50. The van der Waals surface area contributed by atoms with Crippen LogP contribution in [0.1, 0.15) is 25.7 Å². The number of carbonyl (C=O) groups is 5. The molecular formula is C29H46N6O9. The summed E-state index contributed by atoms with van der Waals surface area (Å²) >= 11 is 0. The molecule has 1 saturated heterocycles. The van der Waals surface area contributed by atoms with Gasteiger partial charge in [-0.15, -0.1) is 11.8 Å². The summed E-state index contributed by atoms with van der Waals surface area (Å²) in [6.07, 6.45) is 3.38. The number of fused-ring (bicyclic) bond motifs is 1. The van der Waals surface area contributed by atoms with Crippen molar-refractivity contribution in [2.45, 2.75) is 25.7 Å². The molecule has 1 unspecified atom stereocenters. The van der Waals surface area contributed by atoms with Crippen LogP contribution in [0, 0.1) is 29.6 Å². The molecule has 5 N–H and O–H groups in total. The molecule has 2 aliphatic carbocycles. The van der Waals surface area contributed by atoms with E-state index in [4.69, 9.17) is 4.74 Å². The average molecular weight is 623 g/mol. The maximum absolute atomic E-state index is 12.7. The molecule has 1 aliphatic heterocycles. The molecule has 246 valence electrons. The van der Waals surface area contributed by atoms with Gasteiger partial charge in [-0.25, -0.2) is 4.79 Å². The van der Waals surface area contributed by atoms with Crippen molar-refractivity contribution in [3.8, 4) is 11.8 Å². The van der Waals surface area contributed by atoms with Crippen molar-refractivity contribution in [1.82, 2.24) is 30.2 Å². The minimum Gasteiger partial charge on any atom is -0.480 e. The maximum Gasteiger partial charge on any atom is 0.407 e. The van der Waals surface area contributed by atoms with E-state index in [9.17, 15) is 39.3 Å². The third-order valence-corrected chi connectivity index (χ3v) is 8.34. The number of alkyl carbamates (subject to hydrolysis) is 1. The van der Waals surface area contributed by atoms with Crippen molar-refractivity contribution in [3.63, 3.8) is 0 Å². The van der Waals surface area contributed by atoms with E-state index in [2.05, 4.69) is 22.5 Å². The summed E-state index contributed by atoms with van der Waals surface area (Å²) in [4.78, 5) is 66.0. The van der Waals surface area contributed by atoms with Crippen LogP contribution in [0.15, 0.2) is 0 Å². The fourth-order valence-electron chi connectivity index (χ4n) is 5.92. The fourth-order valence-corrected chi connectivity index (χ4v) is 5.92. The zero-order chi connectivity index (χ0) is 31.9. The van der Waals surface area contributed by atoms with Gasteiger partial charge in [0, 0.05) is 78.3 Å². The van der Waals surface area contributed by atoms with Crippen molar-refractivity contribution in [2.75, 3.05) is 98.2 Å². The first-order valence-electron chi connectivity index (χ1n) is 15.3. The van der Waals surface area contributed by atoms with Crippen LogP contribution in [-0.4, -0.2) is 163 Å². The lowest BCUT2D eigenvalue weighted by Gasteiger charge is -2.32. The molecule has 0 bridgehead atoms. The van der Waals surface area contributed by atoms with Gasteiger partial charge in [-0.2, -0.15) is 0 Å². The first kappa shape index (κ1) is 35.0. The van der Waals surface area contributed by atoms with Gasteiger partial charge in [0.05, 0.1) is 32.8 Å². The van der Waals surface area contributed by atoms with Gasteiger partial charge < -0.3 is 30.7 Å². The van der Waals surface area contributed by atoms with Crippen molar-refractivity contribution in [3.05, 3.63) is 0 Å². The zero-order valence-corrected chi connectivity index (χ0v) is 25.2. The number of nitrogens with zero attached hydrogens (tertiary/aromatic N) is 4. The Labute approximate surface area is 257 Å². The van der Waals surface area contributed by atoms with Crippen molar-refractivity contribution < 1.29 is 44.0 Å². The number of amides is 2. The first-order valence-corrected chi connectivity index (χ1v) is 15.3. The predicted octanol–water partition coefficient (Wildman–Crippen LogP) is -1.26. The molecule has 44 heavy (non-hydrogen) atoms. The Bertz CT molecular complexity index is 1010. The van der Waals surface area contributed by atoms with Gasteiger partial charge in [0.1, 0.15) is 0 Å². The molecule has 2 fully saturated rings. The molecule has 0 aromatic rings. The summed E-state index contributed by atoms with van der Waals surface area (Å²) in [5, 5.41) is 33.4. The molecule has 3 rings (SSSR count). The number of aliphatic carboxylic acids is 3. The van der Waals surface area contributed by atoms with E-state index in [1.165, 1.54) is 0 Å². The molecule has 15 heteroatoms. The van der Waals surface area contributed by atoms with Crippen molar-refractivity contribution >= 4 is 29.9 Å². The fraction of sp³-hybridized carbons (Fsp3) is 0.759. The quantitative estimate of drug-likeness (QED) is 0.121. The van der Waals surface area contributed by atoms with Gasteiger partial charge >= 0.3 is 24.0 Å². The van der Waals surface area contributed by atoms with E-state index in [0.717, 1.165) is 25.7 Å². The average Bonchev–Trinajstić information content (AvgIpc) is 3.59. The Morgan fingerprint density at radius 1 is 0.614 bits per heavy atom. The second kappa shape index (κ2) is 18.4. The number of nitrogens with one attached hydrogen (secondary N) is 2. The maximum atomic E-state index is 12.7. The second-order valence-electron chi connectivity index (χ2n) is 11.6. The highest BCUT2D eigenvalue weighted by Crippen LogP contribution is 2.52. The van der Waals surface area contributed by atoms with Crippen LogP contribution in [0.5, 0.6) is 0 Å². The third kappa shape index (κ3) is 13.5. The Morgan fingerprint density at radius 2 is 1.00 bits per heavy atom. The molecule has 0 radical (unpaired) electrons. The van der Waals surface area contributed by atoms with Gasteiger partial charge in [-0.3, -0.25) is 38.8 Å². The molecular weight excluding hydrogens is 576 g/mol.